The number of allylic oxidation sites excluding steroid dienone is 1. The van der Waals surface area contributed by atoms with Crippen LogP contribution in [0.4, 0.5) is 0 Å². The molecule has 0 fully saturated rings. The van der Waals surface area contributed by atoms with E-state index in [0.717, 1.165) is 12.1 Å². The van der Waals surface area contributed by atoms with E-state index in [-0.39, 0.29) is 11.3 Å². The summed E-state index contributed by atoms with van der Waals surface area (Å²) in [7, 11) is 0. The van der Waals surface area contributed by atoms with Gasteiger partial charge in [0, 0.05) is 61.0 Å². The minimum atomic E-state index is -0.0572. The fraction of sp³-hybridized carbons (Fsp3) is 0.0877. The Morgan fingerprint density at radius 2 is 0.950 bits per heavy atom. The highest BCUT2D eigenvalue weighted by Gasteiger charge is 2.35. The second kappa shape index (κ2) is 12.3. The molecule has 0 N–H and O–H groups in total. The SMILES string of the molecule is CC1(C)c2ccccc2-c2ccc(-n3c4ccccc4c4cc(C5C=Cc6c(c7ccccc7n6-c6cccc(-n7c8ccccc8c8ccccc87)c6)C5)ccc43)cc21. The van der Waals surface area contributed by atoms with Gasteiger partial charge in [-0.15, -0.1) is 0 Å². The van der Waals surface area contributed by atoms with E-state index in [2.05, 4.69) is 222 Å². The quantitative estimate of drug-likeness (QED) is 0.169. The summed E-state index contributed by atoms with van der Waals surface area (Å²) in [5, 5.41) is 6.46. The summed E-state index contributed by atoms with van der Waals surface area (Å²) >= 11 is 0. The maximum atomic E-state index is 2.48. The number of nitrogens with zero attached hydrogens (tertiary/aromatic N) is 3. The zero-order valence-corrected chi connectivity index (χ0v) is 33.6. The average molecular weight is 768 g/mol. The maximum Gasteiger partial charge on any atom is 0.0541 e. The highest BCUT2D eigenvalue weighted by atomic mass is 15.0. The molecule has 3 heterocycles. The van der Waals surface area contributed by atoms with Crippen LogP contribution in [0.15, 0.2) is 188 Å². The van der Waals surface area contributed by atoms with Gasteiger partial charge in [0.2, 0.25) is 0 Å². The standard InChI is InChI=1S/C57H41N3/c1-57(2)49-21-8-3-16-41(49)42-29-28-40(35-50(42)57)60-54-25-12-7-20-46(54)48-33-37(27-31-56(48)60)36-26-30-55-47(32-36)45-19-6-11-24-53(45)59(55)39-15-13-14-38(34-39)58-51-22-9-4-17-43(51)44-18-5-10-23-52(44)58/h3-31,33-36H,32H2,1-2H3. The van der Waals surface area contributed by atoms with Gasteiger partial charge in [-0.05, 0) is 113 Å². The van der Waals surface area contributed by atoms with Crippen LogP contribution in [0.1, 0.15) is 47.7 Å². The average Bonchev–Trinajstić information content (AvgIpc) is 3.99. The molecule has 3 aromatic heterocycles. The number of aromatic nitrogens is 3. The van der Waals surface area contributed by atoms with E-state index < -0.39 is 0 Å². The topological polar surface area (TPSA) is 14.8 Å². The molecular formula is C57H41N3. The molecular weight excluding hydrogens is 727 g/mol. The smallest absolute Gasteiger partial charge is 0.0541 e. The van der Waals surface area contributed by atoms with Crippen molar-refractivity contribution in [3.8, 4) is 28.2 Å². The fourth-order valence-corrected chi connectivity index (χ4v) is 11.0. The largest absolute Gasteiger partial charge is 0.310 e. The van der Waals surface area contributed by atoms with Gasteiger partial charge < -0.3 is 13.7 Å². The van der Waals surface area contributed by atoms with Crippen LogP contribution in [0.3, 0.4) is 0 Å². The van der Waals surface area contributed by atoms with E-state index in [1.807, 2.05) is 0 Å². The molecule has 0 bridgehead atoms. The molecule has 0 saturated heterocycles. The van der Waals surface area contributed by atoms with Crippen molar-refractivity contribution < 1.29 is 0 Å². The predicted molar refractivity (Wildman–Crippen MR) is 251 cm³/mol. The van der Waals surface area contributed by atoms with Crippen molar-refractivity contribution in [2.75, 3.05) is 0 Å². The lowest BCUT2D eigenvalue weighted by Gasteiger charge is -2.22. The number of hydrogen-bond donors (Lipinski definition) is 0. The van der Waals surface area contributed by atoms with Gasteiger partial charge in [-0.25, -0.2) is 0 Å². The van der Waals surface area contributed by atoms with Crippen molar-refractivity contribution in [1.29, 1.82) is 0 Å². The minimum Gasteiger partial charge on any atom is -0.310 e. The first kappa shape index (κ1) is 33.6. The number of rotatable bonds is 4. The lowest BCUT2D eigenvalue weighted by molar-refractivity contribution is 0.660. The Morgan fingerprint density at radius 3 is 1.65 bits per heavy atom. The molecule has 1 atom stereocenters. The van der Waals surface area contributed by atoms with Crippen molar-refractivity contribution in [3.63, 3.8) is 0 Å². The zero-order valence-electron chi connectivity index (χ0n) is 33.6. The van der Waals surface area contributed by atoms with Crippen molar-refractivity contribution in [2.45, 2.75) is 31.6 Å². The second-order valence-corrected chi connectivity index (χ2v) is 17.3. The summed E-state index contributed by atoms with van der Waals surface area (Å²) in [5.41, 5.74) is 19.2. The van der Waals surface area contributed by atoms with Crippen LogP contribution in [0.25, 0.3) is 88.8 Å². The van der Waals surface area contributed by atoms with Crippen molar-refractivity contribution in [1.82, 2.24) is 13.7 Å². The highest BCUT2D eigenvalue weighted by Crippen LogP contribution is 2.50. The van der Waals surface area contributed by atoms with Crippen LogP contribution in [0.2, 0.25) is 0 Å². The molecule has 284 valence electrons. The van der Waals surface area contributed by atoms with Gasteiger partial charge in [0.25, 0.3) is 0 Å². The van der Waals surface area contributed by atoms with Gasteiger partial charge in [-0.2, -0.15) is 0 Å². The minimum absolute atomic E-state index is 0.0572. The number of para-hydroxylation sites is 4. The van der Waals surface area contributed by atoms with E-state index in [9.17, 15) is 0 Å². The monoisotopic (exact) mass is 767 g/mol. The number of fused-ring (bicyclic) bond motifs is 12. The fourth-order valence-electron chi connectivity index (χ4n) is 11.0. The molecule has 0 saturated carbocycles. The second-order valence-electron chi connectivity index (χ2n) is 17.3. The summed E-state index contributed by atoms with van der Waals surface area (Å²) in [6.45, 7) is 4.73. The van der Waals surface area contributed by atoms with Crippen LogP contribution in [0, 0.1) is 0 Å². The number of benzene rings is 8. The summed E-state index contributed by atoms with van der Waals surface area (Å²) < 4.78 is 7.36. The molecule has 0 spiro atoms. The van der Waals surface area contributed by atoms with E-state index in [1.54, 1.807) is 0 Å². The molecule has 0 aliphatic heterocycles. The van der Waals surface area contributed by atoms with Gasteiger partial charge in [0.15, 0.2) is 0 Å². The number of hydrogen-bond acceptors (Lipinski definition) is 0. The predicted octanol–water partition coefficient (Wildman–Crippen LogP) is 14.5. The lowest BCUT2D eigenvalue weighted by atomic mass is 9.82. The van der Waals surface area contributed by atoms with E-state index in [0.29, 0.717) is 0 Å². The Hall–Kier alpha value is -7.36. The molecule has 11 aromatic rings. The van der Waals surface area contributed by atoms with Gasteiger partial charge in [0.1, 0.15) is 0 Å². The first-order valence-electron chi connectivity index (χ1n) is 21.2. The summed E-state index contributed by atoms with van der Waals surface area (Å²) in [6, 6.07) is 67.6. The van der Waals surface area contributed by atoms with Crippen molar-refractivity contribution in [2.24, 2.45) is 0 Å². The van der Waals surface area contributed by atoms with Crippen molar-refractivity contribution >= 4 is 60.6 Å². The summed E-state index contributed by atoms with van der Waals surface area (Å²) in [6.07, 6.45) is 5.76. The molecule has 60 heavy (non-hydrogen) atoms. The molecule has 3 heteroatoms. The Labute approximate surface area is 348 Å². The van der Waals surface area contributed by atoms with Crippen LogP contribution in [-0.4, -0.2) is 13.7 Å². The normalized spacial score (nSPS) is 15.3. The van der Waals surface area contributed by atoms with Crippen LogP contribution in [0.5, 0.6) is 0 Å². The Bertz CT molecular complexity index is 3570. The molecule has 0 amide bonds. The molecule has 0 radical (unpaired) electrons. The molecule has 3 nitrogen and oxygen atoms in total. The zero-order chi connectivity index (χ0) is 39.7. The Kier molecular flexibility index (Phi) is 6.90. The van der Waals surface area contributed by atoms with E-state index in [4.69, 9.17) is 0 Å². The third kappa shape index (κ3) is 4.60. The molecule has 1 unspecified atom stereocenters. The summed E-state index contributed by atoms with van der Waals surface area (Å²) in [5.74, 6) is 0.256. The molecule has 2 aliphatic rings. The lowest BCUT2D eigenvalue weighted by Crippen LogP contribution is -2.15. The maximum absolute atomic E-state index is 2.48. The van der Waals surface area contributed by atoms with Crippen LogP contribution in [-0.2, 0) is 11.8 Å². The van der Waals surface area contributed by atoms with E-state index >= 15 is 0 Å². The third-order valence-corrected chi connectivity index (χ3v) is 13.8. The van der Waals surface area contributed by atoms with Gasteiger partial charge >= 0.3 is 0 Å². The Balaban J connectivity index is 0.910. The van der Waals surface area contributed by atoms with Crippen LogP contribution >= 0.6 is 0 Å². The highest BCUT2D eigenvalue weighted by molar-refractivity contribution is 6.10. The summed E-state index contributed by atoms with van der Waals surface area (Å²) in [4.78, 5) is 0. The van der Waals surface area contributed by atoms with Crippen LogP contribution < -0.4 is 0 Å². The first-order chi connectivity index (χ1) is 29.5. The van der Waals surface area contributed by atoms with Gasteiger partial charge in [-0.3, -0.25) is 0 Å². The van der Waals surface area contributed by atoms with Gasteiger partial charge in [-0.1, -0.05) is 135 Å². The Morgan fingerprint density at radius 1 is 0.417 bits per heavy atom. The van der Waals surface area contributed by atoms with Gasteiger partial charge in [0.05, 0.1) is 27.6 Å². The first-order valence-corrected chi connectivity index (χ1v) is 21.2. The molecule has 2 aliphatic carbocycles. The molecule has 8 aromatic carbocycles. The van der Waals surface area contributed by atoms with Crippen molar-refractivity contribution in [3.05, 3.63) is 216 Å². The van der Waals surface area contributed by atoms with E-state index in [1.165, 1.54) is 105 Å². The third-order valence-electron chi connectivity index (χ3n) is 13.8. The molecule has 13 rings (SSSR count).